The van der Waals surface area contributed by atoms with Gasteiger partial charge in [0.1, 0.15) is 0 Å². The van der Waals surface area contributed by atoms with E-state index in [1.54, 1.807) is 24.3 Å². The third-order valence-electron chi connectivity index (χ3n) is 2.77. The van der Waals surface area contributed by atoms with Crippen LogP contribution in [0.5, 0.6) is 0 Å². The number of carbonyl (C=O) groups excluding carboxylic acids is 2. The number of hydrogen-bond donors (Lipinski definition) is 2. The molecule has 0 aliphatic heterocycles. The fourth-order valence-corrected chi connectivity index (χ4v) is 1.50. The van der Waals surface area contributed by atoms with Crippen LogP contribution < -0.4 is 11.1 Å². The lowest BCUT2D eigenvalue weighted by Gasteiger charge is -2.21. The first-order chi connectivity index (χ1) is 8.34. The fourth-order valence-electron chi connectivity index (χ4n) is 1.50. The molecular formula is C14H20N2O2. The number of benzene rings is 1. The Kier molecular flexibility index (Phi) is 4.62. The molecule has 4 nitrogen and oxygen atoms in total. The Morgan fingerprint density at radius 2 is 1.78 bits per heavy atom. The molecule has 0 aliphatic carbocycles. The Hall–Kier alpha value is -1.68. The van der Waals surface area contributed by atoms with E-state index in [1.807, 2.05) is 13.8 Å². The lowest BCUT2D eigenvalue weighted by atomic mass is 9.89. The number of Topliss-reactive ketones (excluding diaryl/α,β-unsaturated/α-hetero) is 1. The topological polar surface area (TPSA) is 72.2 Å². The van der Waals surface area contributed by atoms with Crippen LogP contribution in [0.4, 0.5) is 5.69 Å². The molecular weight excluding hydrogens is 228 g/mol. The zero-order valence-electron chi connectivity index (χ0n) is 11.1. The summed E-state index contributed by atoms with van der Waals surface area (Å²) in [4.78, 5) is 22.9. The van der Waals surface area contributed by atoms with Gasteiger partial charge >= 0.3 is 0 Å². The van der Waals surface area contributed by atoms with E-state index < -0.39 is 0 Å². The number of ketones is 1. The van der Waals surface area contributed by atoms with Crippen LogP contribution in [-0.2, 0) is 4.79 Å². The molecule has 1 aromatic carbocycles. The summed E-state index contributed by atoms with van der Waals surface area (Å²) >= 11 is 0. The van der Waals surface area contributed by atoms with Crippen LogP contribution in [0.1, 0.15) is 37.6 Å². The lowest BCUT2D eigenvalue weighted by molar-refractivity contribution is -0.117. The van der Waals surface area contributed by atoms with Crippen molar-refractivity contribution in [3.8, 4) is 0 Å². The number of nitrogens with two attached hydrogens (primary N) is 1. The van der Waals surface area contributed by atoms with Crippen molar-refractivity contribution >= 4 is 17.4 Å². The minimum absolute atomic E-state index is 0.0112. The number of amides is 1. The van der Waals surface area contributed by atoms with Gasteiger partial charge in [-0.25, -0.2) is 0 Å². The van der Waals surface area contributed by atoms with E-state index in [2.05, 4.69) is 5.32 Å². The number of hydrogen-bond acceptors (Lipinski definition) is 3. The van der Waals surface area contributed by atoms with Crippen molar-refractivity contribution in [3.63, 3.8) is 0 Å². The van der Waals surface area contributed by atoms with Gasteiger partial charge in [-0.2, -0.15) is 0 Å². The molecule has 0 radical (unpaired) electrons. The summed E-state index contributed by atoms with van der Waals surface area (Å²) in [6.07, 6.45) is 0.373. The van der Waals surface area contributed by atoms with Gasteiger partial charge in [-0.1, -0.05) is 13.8 Å². The third kappa shape index (κ3) is 4.30. The Morgan fingerprint density at radius 1 is 1.22 bits per heavy atom. The first-order valence-electron chi connectivity index (χ1n) is 5.95. The molecule has 0 fully saturated rings. The third-order valence-corrected chi connectivity index (χ3v) is 2.77. The Labute approximate surface area is 108 Å². The number of anilines is 1. The number of rotatable bonds is 5. The van der Waals surface area contributed by atoms with Crippen molar-refractivity contribution in [2.75, 3.05) is 11.9 Å². The smallest absolute Gasteiger partial charge is 0.224 e. The van der Waals surface area contributed by atoms with E-state index in [1.165, 1.54) is 6.92 Å². The van der Waals surface area contributed by atoms with Crippen molar-refractivity contribution in [1.29, 1.82) is 0 Å². The van der Waals surface area contributed by atoms with Crippen LogP contribution in [0.15, 0.2) is 24.3 Å². The Morgan fingerprint density at radius 3 is 2.22 bits per heavy atom. The second-order valence-electron chi connectivity index (χ2n) is 5.23. The normalized spacial score (nSPS) is 11.1. The standard InChI is InChI=1S/C14H20N2O2/c1-10(17)11-4-6-12(7-5-11)16-13(18)8-14(2,3)9-15/h4-7H,8-9,15H2,1-3H3,(H,16,18). The van der Waals surface area contributed by atoms with E-state index >= 15 is 0 Å². The van der Waals surface area contributed by atoms with E-state index in [4.69, 9.17) is 5.73 Å². The van der Waals surface area contributed by atoms with Gasteiger partial charge in [-0.3, -0.25) is 9.59 Å². The minimum Gasteiger partial charge on any atom is -0.330 e. The van der Waals surface area contributed by atoms with Crippen molar-refractivity contribution in [2.24, 2.45) is 11.1 Å². The second-order valence-corrected chi connectivity index (χ2v) is 5.23. The molecule has 0 unspecified atom stereocenters. The van der Waals surface area contributed by atoms with E-state index in [0.717, 1.165) is 0 Å². The van der Waals surface area contributed by atoms with Gasteiger partial charge < -0.3 is 11.1 Å². The van der Waals surface area contributed by atoms with Crippen molar-refractivity contribution < 1.29 is 9.59 Å². The van der Waals surface area contributed by atoms with Crippen LogP contribution in [0.3, 0.4) is 0 Å². The monoisotopic (exact) mass is 248 g/mol. The van der Waals surface area contributed by atoms with E-state index in [-0.39, 0.29) is 17.1 Å². The SMILES string of the molecule is CC(=O)c1ccc(NC(=O)CC(C)(C)CN)cc1. The first-order valence-corrected chi connectivity index (χ1v) is 5.95. The zero-order chi connectivity index (χ0) is 13.8. The molecule has 1 rings (SSSR count). The molecule has 0 atom stereocenters. The lowest BCUT2D eigenvalue weighted by Crippen LogP contribution is -2.29. The van der Waals surface area contributed by atoms with Crippen LogP contribution in [0.25, 0.3) is 0 Å². The molecule has 3 N–H and O–H groups in total. The maximum Gasteiger partial charge on any atom is 0.224 e. The highest BCUT2D eigenvalue weighted by molar-refractivity contribution is 5.95. The van der Waals surface area contributed by atoms with Gasteiger partial charge in [0.15, 0.2) is 5.78 Å². The average Bonchev–Trinajstić information content (AvgIpc) is 2.29. The molecule has 1 amide bonds. The summed E-state index contributed by atoms with van der Waals surface area (Å²) in [6, 6.07) is 6.85. The van der Waals surface area contributed by atoms with Gasteiger partial charge in [-0.05, 0) is 43.1 Å². The summed E-state index contributed by atoms with van der Waals surface area (Å²) in [5.74, 6) is -0.0573. The molecule has 0 saturated carbocycles. The van der Waals surface area contributed by atoms with Gasteiger partial charge in [0.25, 0.3) is 0 Å². The van der Waals surface area contributed by atoms with Crippen molar-refractivity contribution in [3.05, 3.63) is 29.8 Å². The first kappa shape index (κ1) is 14.4. The highest BCUT2D eigenvalue weighted by atomic mass is 16.1. The number of carbonyl (C=O) groups is 2. The minimum atomic E-state index is -0.205. The highest BCUT2D eigenvalue weighted by Crippen LogP contribution is 2.19. The molecule has 18 heavy (non-hydrogen) atoms. The molecule has 0 heterocycles. The molecule has 4 heteroatoms. The Bertz CT molecular complexity index is 436. The predicted molar refractivity (Wildman–Crippen MR) is 72.5 cm³/mol. The maximum atomic E-state index is 11.8. The second kappa shape index (κ2) is 5.78. The molecule has 0 spiro atoms. The molecule has 0 saturated heterocycles. The van der Waals surface area contributed by atoms with Crippen LogP contribution in [0.2, 0.25) is 0 Å². The predicted octanol–water partition coefficient (Wildman–Crippen LogP) is 2.20. The summed E-state index contributed by atoms with van der Waals surface area (Å²) in [5.41, 5.74) is 6.71. The average molecular weight is 248 g/mol. The highest BCUT2D eigenvalue weighted by Gasteiger charge is 2.20. The summed E-state index contributed by atoms with van der Waals surface area (Å²) in [6.45, 7) is 5.87. The van der Waals surface area contributed by atoms with Crippen molar-refractivity contribution in [2.45, 2.75) is 27.2 Å². The number of nitrogens with one attached hydrogen (secondary N) is 1. The zero-order valence-corrected chi connectivity index (χ0v) is 11.1. The fraction of sp³-hybridized carbons (Fsp3) is 0.429. The van der Waals surface area contributed by atoms with E-state index in [9.17, 15) is 9.59 Å². The Balaban J connectivity index is 2.63. The van der Waals surface area contributed by atoms with E-state index in [0.29, 0.717) is 24.2 Å². The quantitative estimate of drug-likeness (QED) is 0.785. The summed E-state index contributed by atoms with van der Waals surface area (Å²) in [7, 11) is 0. The largest absolute Gasteiger partial charge is 0.330 e. The molecule has 98 valence electrons. The molecule has 0 aromatic heterocycles. The van der Waals surface area contributed by atoms with Gasteiger partial charge in [-0.15, -0.1) is 0 Å². The van der Waals surface area contributed by atoms with Gasteiger partial charge in [0.05, 0.1) is 0 Å². The van der Waals surface area contributed by atoms with Gasteiger partial charge in [0, 0.05) is 17.7 Å². The summed E-state index contributed by atoms with van der Waals surface area (Å²) in [5, 5.41) is 2.79. The van der Waals surface area contributed by atoms with Crippen LogP contribution in [0, 0.1) is 5.41 Å². The van der Waals surface area contributed by atoms with Gasteiger partial charge in [0.2, 0.25) is 5.91 Å². The molecule has 0 bridgehead atoms. The molecule has 0 aliphatic rings. The summed E-state index contributed by atoms with van der Waals surface area (Å²) < 4.78 is 0. The van der Waals surface area contributed by atoms with Crippen molar-refractivity contribution in [1.82, 2.24) is 0 Å². The maximum absolute atomic E-state index is 11.8. The van der Waals surface area contributed by atoms with Crippen LogP contribution in [-0.4, -0.2) is 18.2 Å². The molecule has 1 aromatic rings. The van der Waals surface area contributed by atoms with Crippen LogP contribution >= 0.6 is 0 Å².